The zero-order chi connectivity index (χ0) is 14.4. The van der Waals surface area contributed by atoms with Gasteiger partial charge in [0.25, 0.3) is 0 Å². The van der Waals surface area contributed by atoms with Crippen LogP contribution >= 0.6 is 0 Å². The SMILES string of the molecule is CCCCc1ccc2oc(C(CCC)NCC)cc2c1. The van der Waals surface area contributed by atoms with Crippen LogP contribution in [-0.4, -0.2) is 6.54 Å². The molecule has 1 unspecified atom stereocenters. The Bertz CT molecular complexity index is 523. The number of hydrogen-bond acceptors (Lipinski definition) is 2. The maximum atomic E-state index is 6.03. The molecule has 1 atom stereocenters. The average Bonchev–Trinajstić information content (AvgIpc) is 2.87. The summed E-state index contributed by atoms with van der Waals surface area (Å²) < 4.78 is 6.03. The van der Waals surface area contributed by atoms with Gasteiger partial charge in [0.1, 0.15) is 11.3 Å². The lowest BCUT2D eigenvalue weighted by atomic mass is 10.1. The highest BCUT2D eigenvalue weighted by Crippen LogP contribution is 2.27. The quantitative estimate of drug-likeness (QED) is 0.712. The zero-order valence-corrected chi connectivity index (χ0v) is 13.0. The minimum atomic E-state index is 0.344. The van der Waals surface area contributed by atoms with E-state index in [9.17, 15) is 0 Å². The van der Waals surface area contributed by atoms with Gasteiger partial charge in [-0.25, -0.2) is 0 Å². The largest absolute Gasteiger partial charge is 0.459 e. The van der Waals surface area contributed by atoms with Gasteiger partial charge >= 0.3 is 0 Å². The molecule has 0 saturated carbocycles. The van der Waals surface area contributed by atoms with Crippen molar-refractivity contribution in [1.29, 1.82) is 0 Å². The molecule has 0 spiro atoms. The minimum Gasteiger partial charge on any atom is -0.459 e. The molecule has 2 nitrogen and oxygen atoms in total. The predicted octanol–water partition coefficient (Wildman–Crippen LogP) is 5.23. The molecule has 0 aliphatic carbocycles. The van der Waals surface area contributed by atoms with E-state index < -0.39 is 0 Å². The molecule has 1 aromatic heterocycles. The Hall–Kier alpha value is -1.28. The Kier molecular flexibility index (Phi) is 5.66. The van der Waals surface area contributed by atoms with E-state index in [-0.39, 0.29) is 0 Å². The fraction of sp³-hybridized carbons (Fsp3) is 0.556. The molecular formula is C18H27NO. The van der Waals surface area contributed by atoms with E-state index in [1.807, 2.05) is 0 Å². The zero-order valence-electron chi connectivity index (χ0n) is 13.0. The molecule has 0 aliphatic rings. The Labute approximate surface area is 122 Å². The fourth-order valence-corrected chi connectivity index (χ4v) is 2.70. The monoisotopic (exact) mass is 273 g/mol. The second kappa shape index (κ2) is 7.49. The van der Waals surface area contributed by atoms with Gasteiger partial charge in [-0.15, -0.1) is 0 Å². The molecule has 0 amide bonds. The van der Waals surface area contributed by atoms with Gasteiger partial charge in [0, 0.05) is 5.39 Å². The van der Waals surface area contributed by atoms with Crippen LogP contribution in [0.3, 0.4) is 0 Å². The molecule has 2 aromatic rings. The molecule has 1 N–H and O–H groups in total. The fourth-order valence-electron chi connectivity index (χ4n) is 2.70. The Morgan fingerprint density at radius 2 is 1.95 bits per heavy atom. The predicted molar refractivity (Wildman–Crippen MR) is 86.2 cm³/mol. The molecule has 1 heterocycles. The van der Waals surface area contributed by atoms with Crippen molar-refractivity contribution < 1.29 is 4.42 Å². The van der Waals surface area contributed by atoms with Crippen LogP contribution in [0.5, 0.6) is 0 Å². The maximum absolute atomic E-state index is 6.03. The molecule has 0 bridgehead atoms. The van der Waals surface area contributed by atoms with Gasteiger partial charge in [-0.2, -0.15) is 0 Å². The van der Waals surface area contributed by atoms with Crippen molar-refractivity contribution in [3.8, 4) is 0 Å². The van der Waals surface area contributed by atoms with Crippen LogP contribution in [0, 0.1) is 0 Å². The van der Waals surface area contributed by atoms with Crippen LogP contribution in [0.2, 0.25) is 0 Å². The number of unbranched alkanes of at least 4 members (excludes halogenated alkanes) is 1. The average molecular weight is 273 g/mol. The molecule has 0 fully saturated rings. The lowest BCUT2D eigenvalue weighted by Crippen LogP contribution is -2.20. The Morgan fingerprint density at radius 3 is 2.65 bits per heavy atom. The van der Waals surface area contributed by atoms with Crippen LogP contribution in [0.4, 0.5) is 0 Å². The number of furan rings is 1. The first-order chi connectivity index (χ1) is 9.78. The van der Waals surface area contributed by atoms with Crippen LogP contribution in [0.1, 0.15) is 63.8 Å². The number of aryl methyl sites for hydroxylation is 1. The summed E-state index contributed by atoms with van der Waals surface area (Å²) in [6, 6.07) is 9.17. The van der Waals surface area contributed by atoms with Gasteiger partial charge in [0.05, 0.1) is 6.04 Å². The van der Waals surface area contributed by atoms with Gasteiger partial charge in [-0.1, -0.05) is 39.7 Å². The van der Waals surface area contributed by atoms with Crippen molar-refractivity contribution in [2.45, 2.75) is 58.9 Å². The van der Waals surface area contributed by atoms with Gasteiger partial charge in [-0.05, 0) is 49.6 Å². The normalized spacial score (nSPS) is 12.9. The second-order valence-corrected chi connectivity index (χ2v) is 5.52. The number of hydrogen-bond donors (Lipinski definition) is 1. The van der Waals surface area contributed by atoms with Crippen molar-refractivity contribution >= 4 is 11.0 Å². The third-order valence-electron chi connectivity index (χ3n) is 3.79. The highest BCUT2D eigenvalue weighted by Gasteiger charge is 2.14. The molecule has 110 valence electrons. The minimum absolute atomic E-state index is 0.344. The Morgan fingerprint density at radius 1 is 1.10 bits per heavy atom. The molecule has 2 rings (SSSR count). The molecule has 20 heavy (non-hydrogen) atoms. The first-order valence-electron chi connectivity index (χ1n) is 8.04. The van der Waals surface area contributed by atoms with Gasteiger partial charge in [-0.3, -0.25) is 0 Å². The van der Waals surface area contributed by atoms with E-state index in [2.05, 4.69) is 50.4 Å². The number of nitrogens with one attached hydrogen (secondary N) is 1. The number of rotatable bonds is 8. The van der Waals surface area contributed by atoms with E-state index in [0.717, 1.165) is 30.7 Å². The lowest BCUT2D eigenvalue weighted by Gasteiger charge is -2.13. The summed E-state index contributed by atoms with van der Waals surface area (Å²) in [5.41, 5.74) is 2.43. The second-order valence-electron chi connectivity index (χ2n) is 5.52. The van der Waals surface area contributed by atoms with E-state index in [1.54, 1.807) is 0 Å². The van der Waals surface area contributed by atoms with Crippen molar-refractivity contribution in [1.82, 2.24) is 5.32 Å². The lowest BCUT2D eigenvalue weighted by molar-refractivity contribution is 0.414. The number of fused-ring (bicyclic) bond motifs is 1. The summed E-state index contributed by atoms with van der Waals surface area (Å²) in [6.07, 6.45) is 5.95. The highest BCUT2D eigenvalue weighted by atomic mass is 16.3. The van der Waals surface area contributed by atoms with Gasteiger partial charge < -0.3 is 9.73 Å². The standard InChI is InChI=1S/C18H27NO/c1-4-7-9-14-10-11-17-15(12-14)13-18(20-17)16(8-5-2)19-6-3/h10-13,16,19H,4-9H2,1-3H3. The van der Waals surface area contributed by atoms with Crippen LogP contribution in [0.25, 0.3) is 11.0 Å². The van der Waals surface area contributed by atoms with E-state index >= 15 is 0 Å². The summed E-state index contributed by atoms with van der Waals surface area (Å²) >= 11 is 0. The summed E-state index contributed by atoms with van der Waals surface area (Å²) in [5, 5.41) is 4.76. The summed E-state index contributed by atoms with van der Waals surface area (Å²) in [6.45, 7) is 7.58. The molecule has 0 aliphatic heterocycles. The summed E-state index contributed by atoms with van der Waals surface area (Å²) in [5.74, 6) is 1.08. The molecular weight excluding hydrogens is 246 g/mol. The first kappa shape index (κ1) is 15.1. The Balaban J connectivity index is 2.22. The number of benzene rings is 1. The summed E-state index contributed by atoms with van der Waals surface area (Å²) in [4.78, 5) is 0. The molecule has 2 heteroatoms. The van der Waals surface area contributed by atoms with E-state index in [1.165, 1.54) is 30.2 Å². The van der Waals surface area contributed by atoms with Crippen molar-refractivity contribution in [3.63, 3.8) is 0 Å². The highest BCUT2D eigenvalue weighted by molar-refractivity contribution is 5.78. The molecule has 0 saturated heterocycles. The third kappa shape index (κ3) is 3.63. The van der Waals surface area contributed by atoms with Crippen LogP contribution in [-0.2, 0) is 6.42 Å². The van der Waals surface area contributed by atoms with E-state index in [4.69, 9.17) is 4.42 Å². The van der Waals surface area contributed by atoms with Gasteiger partial charge in [0.2, 0.25) is 0 Å². The van der Waals surface area contributed by atoms with Crippen molar-refractivity contribution in [3.05, 3.63) is 35.6 Å². The van der Waals surface area contributed by atoms with Crippen molar-refractivity contribution in [2.75, 3.05) is 6.54 Å². The summed E-state index contributed by atoms with van der Waals surface area (Å²) in [7, 11) is 0. The molecule has 1 aromatic carbocycles. The van der Waals surface area contributed by atoms with Gasteiger partial charge in [0.15, 0.2) is 0 Å². The first-order valence-corrected chi connectivity index (χ1v) is 8.04. The smallest absolute Gasteiger partial charge is 0.134 e. The van der Waals surface area contributed by atoms with E-state index in [0.29, 0.717) is 6.04 Å². The maximum Gasteiger partial charge on any atom is 0.134 e. The molecule has 0 radical (unpaired) electrons. The topological polar surface area (TPSA) is 25.2 Å². The third-order valence-corrected chi connectivity index (χ3v) is 3.79. The van der Waals surface area contributed by atoms with Crippen LogP contribution < -0.4 is 5.32 Å². The van der Waals surface area contributed by atoms with Crippen molar-refractivity contribution in [2.24, 2.45) is 0 Å². The van der Waals surface area contributed by atoms with Crippen LogP contribution in [0.15, 0.2) is 28.7 Å².